The molecule has 0 spiro atoms. The molecule has 0 N–H and O–H groups in total. The summed E-state index contributed by atoms with van der Waals surface area (Å²) in [6.45, 7) is 38.1. The van der Waals surface area contributed by atoms with Gasteiger partial charge in [-0.1, -0.05) is 226 Å². The third-order valence-electron chi connectivity index (χ3n) is 16.1. The Morgan fingerprint density at radius 2 is 0.896 bits per heavy atom. The molecule has 5 nitrogen and oxygen atoms in total. The summed E-state index contributed by atoms with van der Waals surface area (Å²) in [4.78, 5) is 10.3. The van der Waals surface area contributed by atoms with E-state index in [0.29, 0.717) is 6.67 Å². The summed E-state index contributed by atoms with van der Waals surface area (Å²) in [6.07, 6.45) is 1.97. The number of allylic oxidation sites excluding steroid dienone is 2. The molecule has 2 aromatic heterocycles. The van der Waals surface area contributed by atoms with Gasteiger partial charge < -0.3 is 14.5 Å². The van der Waals surface area contributed by atoms with Crippen molar-refractivity contribution in [1.82, 2.24) is 9.55 Å². The fraction of sp³-hybridized carbons (Fsp3) is 0.319. The third kappa shape index (κ3) is 10.1. The van der Waals surface area contributed by atoms with Crippen molar-refractivity contribution >= 4 is 33.2 Å². The van der Waals surface area contributed by atoms with E-state index in [0.717, 1.165) is 34.0 Å². The maximum Gasteiger partial charge on any atom is 0.137 e. The normalized spacial score (nSPS) is 14.1. The largest absolute Gasteiger partial charge is 0.457 e. The highest BCUT2D eigenvalue weighted by atomic mass is 16.5. The summed E-state index contributed by atoms with van der Waals surface area (Å²) < 4.78 is 9.83. The number of hydrogen-bond donors (Lipinski definition) is 0. The molecule has 0 atom stereocenters. The first-order chi connectivity index (χ1) is 36.2. The topological polar surface area (TPSA) is 33.5 Å². The Labute approximate surface area is 460 Å². The van der Waals surface area contributed by atoms with Crippen LogP contribution in [0.3, 0.4) is 0 Å². The van der Waals surface area contributed by atoms with E-state index in [9.17, 15) is 0 Å². The van der Waals surface area contributed by atoms with Crippen LogP contribution in [-0.4, -0.2) is 16.2 Å². The Morgan fingerprint density at radius 3 is 1.47 bits per heavy atom. The van der Waals surface area contributed by atoms with Crippen molar-refractivity contribution in [2.75, 3.05) is 16.5 Å². The van der Waals surface area contributed by atoms with Gasteiger partial charge in [0, 0.05) is 73.5 Å². The molecule has 77 heavy (non-hydrogen) atoms. The number of benzene rings is 7. The maximum atomic E-state index is 7.47. The summed E-state index contributed by atoms with van der Waals surface area (Å²) in [7, 11) is 0. The van der Waals surface area contributed by atoms with Gasteiger partial charge >= 0.3 is 0 Å². The van der Waals surface area contributed by atoms with E-state index in [1.807, 2.05) is 6.20 Å². The van der Waals surface area contributed by atoms with E-state index < -0.39 is 5.41 Å². The van der Waals surface area contributed by atoms with Crippen molar-refractivity contribution in [3.63, 3.8) is 0 Å². The van der Waals surface area contributed by atoms with Crippen LogP contribution in [0.25, 0.3) is 38.8 Å². The molecule has 7 aromatic carbocycles. The average Bonchev–Trinajstić information content (AvgIpc) is 3.98. The predicted molar refractivity (Wildman–Crippen MR) is 327 cm³/mol. The molecule has 10 rings (SSSR count). The highest BCUT2D eigenvalue weighted by Crippen LogP contribution is 2.51. The minimum Gasteiger partial charge on any atom is -0.457 e. The minimum atomic E-state index is -0.406. The first kappa shape index (κ1) is 53.0. The first-order valence-electron chi connectivity index (χ1n) is 27.7. The zero-order valence-electron chi connectivity index (χ0n) is 48.7. The molecule has 3 heterocycles. The van der Waals surface area contributed by atoms with E-state index in [1.165, 1.54) is 72.4 Å². The Bertz CT molecular complexity index is 3660. The van der Waals surface area contributed by atoms with Crippen LogP contribution in [0.1, 0.15) is 144 Å². The Morgan fingerprint density at radius 1 is 0.390 bits per heavy atom. The van der Waals surface area contributed by atoms with Gasteiger partial charge in [-0.3, -0.25) is 4.57 Å². The molecule has 1 aliphatic rings. The standard InChI is InChI=1S/C72H80N4O/c1-67(2,3)53-38-49(48-28-20-17-21-29-48)39-55(40-53)74-47-75(66(70(10,11)12)65(74)69(7,8)9)56-41-54(68(4,5)6)42-57(44-56)77-58-45-60(72(15,16)51-32-24-19-25-33-51)64-59-34-26-27-35-61(59)76(62(64)46-58)63-43-52(36-37-73-63)71(13,14)50-30-22-18-23-31-50/h17-46H,47H2,1-16H3. The lowest BCUT2D eigenvalue weighted by molar-refractivity contribution is 0.444. The van der Waals surface area contributed by atoms with Crippen LogP contribution in [0, 0.1) is 10.8 Å². The number of fused-ring (bicyclic) bond motifs is 3. The van der Waals surface area contributed by atoms with Gasteiger partial charge in [-0.2, -0.15) is 0 Å². The van der Waals surface area contributed by atoms with E-state index in [4.69, 9.17) is 9.72 Å². The lowest BCUT2D eigenvalue weighted by atomic mass is 9.76. The molecule has 0 bridgehead atoms. The number of anilines is 2. The molecule has 0 aliphatic carbocycles. The molecule has 0 amide bonds. The lowest BCUT2D eigenvalue weighted by Crippen LogP contribution is -2.31. The Kier molecular flexibility index (Phi) is 13.3. The summed E-state index contributed by atoms with van der Waals surface area (Å²) in [5.74, 6) is 2.44. The van der Waals surface area contributed by atoms with Crippen molar-refractivity contribution in [2.45, 2.75) is 132 Å². The fourth-order valence-electron chi connectivity index (χ4n) is 11.7. The fourth-order valence-corrected chi connectivity index (χ4v) is 11.7. The van der Waals surface area contributed by atoms with Crippen molar-refractivity contribution in [1.29, 1.82) is 0 Å². The Hall–Kier alpha value is -7.37. The second-order valence-electron chi connectivity index (χ2n) is 26.7. The molecule has 1 aliphatic heterocycles. The van der Waals surface area contributed by atoms with Gasteiger partial charge in [0.15, 0.2) is 0 Å². The number of nitrogens with zero attached hydrogens (tertiary/aromatic N) is 4. The molecule has 394 valence electrons. The van der Waals surface area contributed by atoms with Gasteiger partial charge in [-0.05, 0) is 104 Å². The minimum absolute atomic E-state index is 0.0575. The third-order valence-corrected chi connectivity index (χ3v) is 16.1. The van der Waals surface area contributed by atoms with Gasteiger partial charge in [0.2, 0.25) is 0 Å². The van der Waals surface area contributed by atoms with E-state index in [1.54, 1.807) is 0 Å². The van der Waals surface area contributed by atoms with Crippen LogP contribution in [0.15, 0.2) is 194 Å². The van der Waals surface area contributed by atoms with Crippen LogP contribution in [0.2, 0.25) is 0 Å². The SMILES string of the molecule is CC(C)(C)C1=C(C(C)(C)C)N(c2cc(-c3ccccc3)cc(C(C)(C)C)c2)CN1c1cc(Oc2cc(C(C)(C)c3ccccc3)c3c4ccccc4n(-c4cc(C(C)(C)c5ccccc5)ccn4)c3c2)cc(C(C)(C)C)c1. The van der Waals surface area contributed by atoms with E-state index >= 15 is 0 Å². The van der Waals surface area contributed by atoms with Crippen LogP contribution in [0.4, 0.5) is 11.4 Å². The summed E-state index contributed by atoms with van der Waals surface area (Å²) in [5.41, 5.74) is 15.6. The van der Waals surface area contributed by atoms with Crippen LogP contribution < -0.4 is 14.5 Å². The molecule has 5 heteroatoms. The van der Waals surface area contributed by atoms with Crippen molar-refractivity contribution in [3.05, 3.63) is 227 Å². The van der Waals surface area contributed by atoms with Crippen molar-refractivity contribution < 1.29 is 4.74 Å². The zero-order chi connectivity index (χ0) is 55.0. The summed E-state index contributed by atoms with van der Waals surface area (Å²) >= 11 is 0. The molecule has 0 radical (unpaired) electrons. The number of pyridine rings is 1. The lowest BCUT2D eigenvalue weighted by Gasteiger charge is -2.35. The molecular weight excluding hydrogens is 937 g/mol. The van der Waals surface area contributed by atoms with E-state index in [2.05, 4.69) is 301 Å². The summed E-state index contributed by atoms with van der Waals surface area (Å²) in [6, 6.07) is 64.5. The molecule has 0 saturated heterocycles. The van der Waals surface area contributed by atoms with E-state index in [-0.39, 0.29) is 27.1 Å². The van der Waals surface area contributed by atoms with Gasteiger partial charge in [0.05, 0.1) is 17.7 Å². The highest BCUT2D eigenvalue weighted by molar-refractivity contribution is 6.12. The Balaban J connectivity index is 1.17. The second kappa shape index (κ2) is 19.3. The highest BCUT2D eigenvalue weighted by Gasteiger charge is 2.43. The van der Waals surface area contributed by atoms with Gasteiger partial charge in [0.1, 0.15) is 17.3 Å². The molecule has 0 unspecified atom stereocenters. The van der Waals surface area contributed by atoms with Crippen molar-refractivity contribution in [3.8, 4) is 28.4 Å². The monoisotopic (exact) mass is 1020 g/mol. The van der Waals surface area contributed by atoms with Gasteiger partial charge in [-0.25, -0.2) is 4.98 Å². The molecule has 0 fully saturated rings. The number of ether oxygens (including phenoxy) is 1. The van der Waals surface area contributed by atoms with Crippen molar-refractivity contribution in [2.24, 2.45) is 10.8 Å². The number of para-hydroxylation sites is 1. The predicted octanol–water partition coefficient (Wildman–Crippen LogP) is 19.5. The summed E-state index contributed by atoms with van der Waals surface area (Å²) in [5, 5.41) is 2.37. The smallest absolute Gasteiger partial charge is 0.137 e. The number of hydrogen-bond acceptors (Lipinski definition) is 4. The zero-order valence-corrected chi connectivity index (χ0v) is 48.7. The maximum absolute atomic E-state index is 7.47. The molecule has 9 aromatic rings. The average molecular weight is 1020 g/mol. The number of aromatic nitrogens is 2. The van der Waals surface area contributed by atoms with Crippen LogP contribution in [-0.2, 0) is 21.7 Å². The quantitative estimate of drug-likeness (QED) is 0.137. The number of rotatable bonds is 10. The van der Waals surface area contributed by atoms with Gasteiger partial charge in [0.25, 0.3) is 0 Å². The molecular formula is C72H80N4O. The van der Waals surface area contributed by atoms with Gasteiger partial charge in [-0.15, -0.1) is 0 Å². The first-order valence-corrected chi connectivity index (χ1v) is 27.7. The van der Waals surface area contributed by atoms with Crippen LogP contribution >= 0.6 is 0 Å². The molecule has 0 saturated carbocycles. The second-order valence-corrected chi connectivity index (χ2v) is 26.7. The van der Waals surface area contributed by atoms with Crippen LogP contribution in [0.5, 0.6) is 11.5 Å².